The Labute approximate surface area is 156 Å². The highest BCUT2D eigenvalue weighted by atomic mass is 16.2. The minimum absolute atomic E-state index is 0.0169. The van der Waals surface area contributed by atoms with E-state index in [0.717, 1.165) is 38.2 Å². The summed E-state index contributed by atoms with van der Waals surface area (Å²) in [5.41, 5.74) is -0.585. The molecule has 26 heavy (non-hydrogen) atoms. The van der Waals surface area contributed by atoms with Crippen molar-refractivity contribution in [1.29, 1.82) is 0 Å². The molecule has 2 aliphatic heterocycles. The Morgan fingerprint density at radius 3 is 2.73 bits per heavy atom. The zero-order valence-electron chi connectivity index (χ0n) is 16.3. The zero-order chi connectivity index (χ0) is 18.5. The highest BCUT2D eigenvalue weighted by Gasteiger charge is 2.61. The van der Waals surface area contributed by atoms with Gasteiger partial charge in [-0.3, -0.25) is 14.7 Å². The molecule has 0 radical (unpaired) electrons. The summed E-state index contributed by atoms with van der Waals surface area (Å²) in [6.07, 6.45) is 5.15. The van der Waals surface area contributed by atoms with E-state index < -0.39 is 5.54 Å². The summed E-state index contributed by atoms with van der Waals surface area (Å²) >= 11 is 0. The van der Waals surface area contributed by atoms with Crippen LogP contribution in [0.4, 0.5) is 4.79 Å². The van der Waals surface area contributed by atoms with E-state index in [0.29, 0.717) is 30.8 Å². The van der Waals surface area contributed by atoms with Crippen molar-refractivity contribution in [2.45, 2.75) is 58.4 Å². The number of aliphatic imine (C=N–C) groups is 1. The molecule has 1 spiro atoms. The van der Waals surface area contributed by atoms with E-state index >= 15 is 0 Å². The smallest absolute Gasteiger partial charge is 0.317 e. The summed E-state index contributed by atoms with van der Waals surface area (Å²) in [6.45, 7) is 9.27. The molecule has 2 heterocycles. The third-order valence-electron chi connectivity index (χ3n) is 6.61. The molecule has 6 heteroatoms. The number of fused-ring (bicyclic) bond motifs is 2. The van der Waals surface area contributed by atoms with Gasteiger partial charge >= 0.3 is 6.03 Å². The fourth-order valence-corrected chi connectivity index (χ4v) is 4.98. The number of hydrogen-bond donors (Lipinski definition) is 1. The standard InChI is InChI=1S/C20H32N4O2/c1-4-17-22-20(18(25)24(17)10-14-5-6-14)8-7-15-11-23(12-16(15)20)19(26)21-9-13(2)3/h13-16H,4-12H2,1-3H3,(H,21,26)/t15-,16+,20-/m1/s1. The van der Waals surface area contributed by atoms with Gasteiger partial charge in [0.2, 0.25) is 0 Å². The van der Waals surface area contributed by atoms with Crippen LogP contribution >= 0.6 is 0 Å². The first-order valence-corrected chi connectivity index (χ1v) is 10.4. The van der Waals surface area contributed by atoms with Gasteiger partial charge in [-0.1, -0.05) is 20.8 Å². The minimum Gasteiger partial charge on any atom is -0.338 e. The molecule has 1 saturated heterocycles. The van der Waals surface area contributed by atoms with Crippen molar-refractivity contribution >= 4 is 17.8 Å². The predicted molar refractivity (Wildman–Crippen MR) is 101 cm³/mol. The molecule has 0 bridgehead atoms. The van der Waals surface area contributed by atoms with Crippen LogP contribution in [0.3, 0.4) is 0 Å². The van der Waals surface area contributed by atoms with E-state index in [-0.39, 0.29) is 17.9 Å². The molecule has 4 aliphatic rings. The van der Waals surface area contributed by atoms with Gasteiger partial charge in [-0.15, -0.1) is 0 Å². The molecule has 2 saturated carbocycles. The van der Waals surface area contributed by atoms with Gasteiger partial charge in [-0.25, -0.2) is 4.79 Å². The van der Waals surface area contributed by atoms with Gasteiger partial charge in [0.15, 0.2) is 0 Å². The van der Waals surface area contributed by atoms with Gasteiger partial charge in [-0.05, 0) is 43.4 Å². The van der Waals surface area contributed by atoms with Crippen LogP contribution in [0.2, 0.25) is 0 Å². The number of rotatable bonds is 5. The van der Waals surface area contributed by atoms with Crippen LogP contribution in [0.1, 0.15) is 52.9 Å². The maximum absolute atomic E-state index is 13.4. The van der Waals surface area contributed by atoms with Gasteiger partial charge in [0, 0.05) is 38.5 Å². The number of nitrogens with one attached hydrogen (secondary N) is 1. The average molecular weight is 361 g/mol. The second-order valence-electron chi connectivity index (χ2n) is 9.06. The Morgan fingerprint density at radius 1 is 1.31 bits per heavy atom. The van der Waals surface area contributed by atoms with Crippen molar-refractivity contribution in [1.82, 2.24) is 15.1 Å². The molecule has 2 aliphatic carbocycles. The molecule has 0 unspecified atom stereocenters. The molecule has 3 atom stereocenters. The van der Waals surface area contributed by atoms with E-state index in [2.05, 4.69) is 26.1 Å². The predicted octanol–water partition coefficient (Wildman–Crippen LogP) is 2.49. The van der Waals surface area contributed by atoms with Crippen molar-refractivity contribution in [3.63, 3.8) is 0 Å². The summed E-state index contributed by atoms with van der Waals surface area (Å²) < 4.78 is 0. The highest BCUT2D eigenvalue weighted by molar-refractivity contribution is 6.08. The summed E-state index contributed by atoms with van der Waals surface area (Å²) in [4.78, 5) is 34.8. The first kappa shape index (κ1) is 17.8. The Kier molecular flexibility index (Phi) is 4.48. The maximum Gasteiger partial charge on any atom is 0.317 e. The Morgan fingerprint density at radius 2 is 2.08 bits per heavy atom. The number of nitrogens with zero attached hydrogens (tertiary/aromatic N) is 3. The van der Waals surface area contributed by atoms with Crippen molar-refractivity contribution in [3.8, 4) is 0 Å². The highest BCUT2D eigenvalue weighted by Crippen LogP contribution is 2.51. The van der Waals surface area contributed by atoms with Crippen molar-refractivity contribution in [2.75, 3.05) is 26.2 Å². The second kappa shape index (κ2) is 6.54. The average Bonchev–Trinajstić information content (AvgIpc) is 3.12. The van der Waals surface area contributed by atoms with Gasteiger partial charge in [0.1, 0.15) is 11.4 Å². The van der Waals surface area contributed by atoms with E-state index in [1.165, 1.54) is 12.8 Å². The molecule has 0 aromatic carbocycles. The maximum atomic E-state index is 13.4. The SMILES string of the molecule is CCC1=N[C@@]2(CC[C@@H]3CN(C(=O)NCC(C)C)C[C@@H]32)C(=O)N1CC1CC1. The fraction of sp³-hybridized carbons (Fsp3) is 0.850. The Hall–Kier alpha value is -1.59. The third-order valence-corrected chi connectivity index (χ3v) is 6.61. The van der Waals surface area contributed by atoms with Gasteiger partial charge in [0.05, 0.1) is 0 Å². The molecule has 144 valence electrons. The van der Waals surface area contributed by atoms with Gasteiger partial charge < -0.3 is 10.2 Å². The van der Waals surface area contributed by atoms with Crippen LogP contribution in [0.25, 0.3) is 0 Å². The molecular formula is C20H32N4O2. The normalized spacial score (nSPS) is 33.4. The first-order chi connectivity index (χ1) is 12.4. The molecule has 3 amide bonds. The molecule has 3 fully saturated rings. The zero-order valence-corrected chi connectivity index (χ0v) is 16.3. The lowest BCUT2D eigenvalue weighted by atomic mass is 9.85. The lowest BCUT2D eigenvalue weighted by Gasteiger charge is -2.28. The summed E-state index contributed by atoms with van der Waals surface area (Å²) in [7, 11) is 0. The number of likely N-dealkylation sites (tertiary alicyclic amines) is 1. The number of urea groups is 1. The molecule has 0 aromatic heterocycles. The largest absolute Gasteiger partial charge is 0.338 e. The first-order valence-electron chi connectivity index (χ1n) is 10.4. The van der Waals surface area contributed by atoms with Crippen LogP contribution in [-0.4, -0.2) is 59.3 Å². The molecule has 4 rings (SSSR count). The van der Waals surface area contributed by atoms with Crippen LogP contribution in [0.5, 0.6) is 0 Å². The monoisotopic (exact) mass is 360 g/mol. The lowest BCUT2D eigenvalue weighted by Crippen LogP contribution is -2.48. The number of carbonyl (C=O) groups is 2. The number of carbonyl (C=O) groups excluding carboxylic acids is 2. The van der Waals surface area contributed by atoms with E-state index in [4.69, 9.17) is 4.99 Å². The van der Waals surface area contributed by atoms with Crippen molar-refractivity contribution in [3.05, 3.63) is 0 Å². The summed E-state index contributed by atoms with van der Waals surface area (Å²) in [5, 5.41) is 3.02. The topological polar surface area (TPSA) is 65.0 Å². The third kappa shape index (κ3) is 2.91. The van der Waals surface area contributed by atoms with Gasteiger partial charge in [-0.2, -0.15) is 0 Å². The van der Waals surface area contributed by atoms with E-state index in [9.17, 15) is 9.59 Å². The van der Waals surface area contributed by atoms with E-state index in [1.807, 2.05) is 9.80 Å². The second-order valence-corrected chi connectivity index (χ2v) is 9.06. The van der Waals surface area contributed by atoms with Crippen LogP contribution < -0.4 is 5.32 Å². The van der Waals surface area contributed by atoms with Crippen molar-refractivity contribution in [2.24, 2.45) is 28.7 Å². The molecule has 0 aromatic rings. The lowest BCUT2D eigenvalue weighted by molar-refractivity contribution is -0.132. The number of amides is 3. The summed E-state index contributed by atoms with van der Waals surface area (Å²) in [6, 6.07) is 0.0169. The van der Waals surface area contributed by atoms with Crippen molar-refractivity contribution < 1.29 is 9.59 Å². The number of amidine groups is 1. The quantitative estimate of drug-likeness (QED) is 0.819. The van der Waals surface area contributed by atoms with Crippen LogP contribution in [-0.2, 0) is 4.79 Å². The minimum atomic E-state index is -0.585. The van der Waals surface area contributed by atoms with Crippen LogP contribution in [0, 0.1) is 23.7 Å². The Balaban J connectivity index is 1.49. The Bertz CT molecular complexity index is 627. The fourth-order valence-electron chi connectivity index (χ4n) is 4.98. The molecule has 1 N–H and O–H groups in total. The number of hydrogen-bond acceptors (Lipinski definition) is 3. The molecular weight excluding hydrogens is 328 g/mol. The van der Waals surface area contributed by atoms with Crippen LogP contribution in [0.15, 0.2) is 4.99 Å². The van der Waals surface area contributed by atoms with Gasteiger partial charge in [0.25, 0.3) is 5.91 Å². The summed E-state index contributed by atoms with van der Waals surface area (Å²) in [5.74, 6) is 2.90. The molecule has 6 nitrogen and oxygen atoms in total. The van der Waals surface area contributed by atoms with E-state index in [1.54, 1.807) is 0 Å².